The van der Waals surface area contributed by atoms with Crippen molar-refractivity contribution in [2.24, 2.45) is 0 Å². The number of nitrogens with one attached hydrogen (secondary N) is 1. The molecule has 17 heavy (non-hydrogen) atoms. The van der Waals surface area contributed by atoms with Crippen LogP contribution in [0.3, 0.4) is 0 Å². The van der Waals surface area contributed by atoms with E-state index in [-0.39, 0.29) is 0 Å². The number of pyridine rings is 1. The maximum absolute atomic E-state index is 6.08. The number of rotatable bonds is 4. The van der Waals surface area contributed by atoms with Crippen LogP contribution in [0.4, 0.5) is 0 Å². The van der Waals surface area contributed by atoms with Gasteiger partial charge in [0.25, 0.3) is 0 Å². The topological polar surface area (TPSA) is 37.8 Å². The Bertz CT molecular complexity index is 496. The Labute approximate surface area is 110 Å². The van der Waals surface area contributed by atoms with E-state index in [1.807, 2.05) is 17.5 Å². The third-order valence-corrected chi connectivity index (χ3v) is 3.41. The van der Waals surface area contributed by atoms with E-state index in [0.29, 0.717) is 11.1 Å². The molecule has 0 amide bonds. The number of aromatic nitrogens is 2. The molecule has 3 nitrogen and oxygen atoms in total. The lowest BCUT2D eigenvalue weighted by atomic mass is 10.3. The van der Waals surface area contributed by atoms with E-state index in [2.05, 4.69) is 29.1 Å². The number of halogens is 1. The minimum absolute atomic E-state index is 0.457. The van der Waals surface area contributed by atoms with Gasteiger partial charge in [-0.2, -0.15) is 0 Å². The highest BCUT2D eigenvalue weighted by Gasteiger charge is 2.09. The first-order valence-electron chi connectivity index (χ1n) is 5.45. The molecule has 0 aromatic carbocycles. The largest absolute Gasteiger partial charge is 0.309 e. The summed E-state index contributed by atoms with van der Waals surface area (Å²) in [6.07, 6.45) is 1.73. The highest BCUT2D eigenvalue weighted by molar-refractivity contribution is 7.13. The average molecular weight is 268 g/mol. The van der Waals surface area contributed by atoms with Crippen molar-refractivity contribution in [2.45, 2.75) is 26.4 Å². The van der Waals surface area contributed by atoms with Crippen molar-refractivity contribution in [3.8, 4) is 10.7 Å². The molecular weight excluding hydrogens is 254 g/mol. The summed E-state index contributed by atoms with van der Waals surface area (Å²) in [6.45, 7) is 5.00. The van der Waals surface area contributed by atoms with E-state index in [9.17, 15) is 0 Å². The Balaban J connectivity index is 2.16. The van der Waals surface area contributed by atoms with Gasteiger partial charge in [-0.15, -0.1) is 11.3 Å². The molecule has 0 saturated heterocycles. The summed E-state index contributed by atoms with van der Waals surface area (Å²) in [6, 6.07) is 4.11. The van der Waals surface area contributed by atoms with Crippen LogP contribution in [0, 0.1) is 0 Å². The van der Waals surface area contributed by atoms with Gasteiger partial charge in [-0.1, -0.05) is 25.4 Å². The maximum atomic E-state index is 6.08. The molecule has 0 radical (unpaired) electrons. The van der Waals surface area contributed by atoms with Crippen LogP contribution in [-0.2, 0) is 6.54 Å². The van der Waals surface area contributed by atoms with Crippen LogP contribution in [0.25, 0.3) is 10.7 Å². The van der Waals surface area contributed by atoms with Gasteiger partial charge in [0.2, 0.25) is 0 Å². The van der Waals surface area contributed by atoms with E-state index in [1.54, 1.807) is 17.5 Å². The SMILES string of the molecule is CC(C)NCc1csc(-c2ncccc2Cl)n1. The summed E-state index contributed by atoms with van der Waals surface area (Å²) in [4.78, 5) is 8.78. The molecule has 2 aromatic rings. The van der Waals surface area contributed by atoms with E-state index < -0.39 is 0 Å². The summed E-state index contributed by atoms with van der Waals surface area (Å²) in [7, 11) is 0. The van der Waals surface area contributed by atoms with Crippen molar-refractivity contribution in [3.05, 3.63) is 34.4 Å². The Morgan fingerprint density at radius 1 is 1.47 bits per heavy atom. The molecule has 0 saturated carbocycles. The maximum Gasteiger partial charge on any atom is 0.143 e. The van der Waals surface area contributed by atoms with Gasteiger partial charge in [0.05, 0.1) is 10.7 Å². The van der Waals surface area contributed by atoms with E-state index in [0.717, 1.165) is 22.9 Å². The van der Waals surface area contributed by atoms with Gasteiger partial charge in [0, 0.05) is 24.2 Å². The molecule has 0 aliphatic rings. The lowest BCUT2D eigenvalue weighted by molar-refractivity contribution is 0.583. The van der Waals surface area contributed by atoms with Gasteiger partial charge in [0.1, 0.15) is 10.7 Å². The highest BCUT2D eigenvalue weighted by Crippen LogP contribution is 2.27. The summed E-state index contributed by atoms with van der Waals surface area (Å²) in [5.74, 6) is 0. The van der Waals surface area contributed by atoms with Crippen molar-refractivity contribution in [2.75, 3.05) is 0 Å². The van der Waals surface area contributed by atoms with Gasteiger partial charge in [-0.3, -0.25) is 4.98 Å². The fourth-order valence-corrected chi connectivity index (χ4v) is 2.44. The molecule has 0 aliphatic heterocycles. The minimum atomic E-state index is 0.457. The number of hydrogen-bond donors (Lipinski definition) is 1. The zero-order chi connectivity index (χ0) is 12.3. The molecule has 0 fully saturated rings. The monoisotopic (exact) mass is 267 g/mol. The normalized spacial score (nSPS) is 11.1. The zero-order valence-corrected chi connectivity index (χ0v) is 11.3. The van der Waals surface area contributed by atoms with Gasteiger partial charge in [-0.25, -0.2) is 4.98 Å². The third-order valence-electron chi connectivity index (χ3n) is 2.20. The lowest BCUT2D eigenvalue weighted by Crippen LogP contribution is -2.21. The molecule has 5 heteroatoms. The molecule has 0 bridgehead atoms. The number of hydrogen-bond acceptors (Lipinski definition) is 4. The number of nitrogens with zero attached hydrogens (tertiary/aromatic N) is 2. The molecule has 90 valence electrons. The Kier molecular flexibility index (Phi) is 4.10. The molecule has 2 aromatic heterocycles. The fraction of sp³-hybridized carbons (Fsp3) is 0.333. The quantitative estimate of drug-likeness (QED) is 0.923. The summed E-state index contributed by atoms with van der Waals surface area (Å²) in [5.41, 5.74) is 1.79. The Morgan fingerprint density at radius 3 is 3.00 bits per heavy atom. The molecular formula is C12H14ClN3S. The smallest absolute Gasteiger partial charge is 0.143 e. The molecule has 2 heterocycles. The Hall–Kier alpha value is -0.970. The van der Waals surface area contributed by atoms with Crippen molar-refractivity contribution >= 4 is 22.9 Å². The van der Waals surface area contributed by atoms with Crippen LogP contribution in [0.15, 0.2) is 23.7 Å². The second-order valence-corrected chi connectivity index (χ2v) is 5.28. The van der Waals surface area contributed by atoms with Crippen LogP contribution in [0.2, 0.25) is 5.02 Å². The third kappa shape index (κ3) is 3.25. The first kappa shape index (κ1) is 12.5. The zero-order valence-electron chi connectivity index (χ0n) is 9.77. The lowest BCUT2D eigenvalue weighted by Gasteiger charge is -2.04. The van der Waals surface area contributed by atoms with Crippen LogP contribution < -0.4 is 5.32 Å². The van der Waals surface area contributed by atoms with E-state index >= 15 is 0 Å². The van der Waals surface area contributed by atoms with Crippen LogP contribution in [0.5, 0.6) is 0 Å². The predicted molar refractivity (Wildman–Crippen MR) is 72.3 cm³/mol. The molecule has 0 spiro atoms. The van der Waals surface area contributed by atoms with Crippen LogP contribution >= 0.6 is 22.9 Å². The summed E-state index contributed by atoms with van der Waals surface area (Å²) < 4.78 is 0. The van der Waals surface area contributed by atoms with Crippen LogP contribution in [0.1, 0.15) is 19.5 Å². The van der Waals surface area contributed by atoms with Gasteiger partial charge >= 0.3 is 0 Å². The van der Waals surface area contributed by atoms with Gasteiger partial charge < -0.3 is 5.32 Å². The predicted octanol–water partition coefficient (Wildman–Crippen LogP) is 3.36. The van der Waals surface area contributed by atoms with Crippen molar-refractivity contribution in [3.63, 3.8) is 0 Å². The second-order valence-electron chi connectivity index (χ2n) is 4.01. The minimum Gasteiger partial charge on any atom is -0.309 e. The fourth-order valence-electron chi connectivity index (χ4n) is 1.35. The average Bonchev–Trinajstić information content (AvgIpc) is 2.75. The van der Waals surface area contributed by atoms with Crippen molar-refractivity contribution in [1.29, 1.82) is 0 Å². The van der Waals surface area contributed by atoms with Gasteiger partial charge in [-0.05, 0) is 12.1 Å². The van der Waals surface area contributed by atoms with E-state index in [1.165, 1.54) is 0 Å². The van der Waals surface area contributed by atoms with Gasteiger partial charge in [0.15, 0.2) is 0 Å². The summed E-state index contributed by atoms with van der Waals surface area (Å²) in [5, 5.41) is 6.88. The summed E-state index contributed by atoms with van der Waals surface area (Å²) >= 11 is 7.65. The molecule has 0 atom stereocenters. The molecule has 0 unspecified atom stereocenters. The Morgan fingerprint density at radius 2 is 2.29 bits per heavy atom. The molecule has 1 N–H and O–H groups in total. The highest BCUT2D eigenvalue weighted by atomic mass is 35.5. The first-order valence-corrected chi connectivity index (χ1v) is 6.71. The first-order chi connectivity index (χ1) is 8.16. The van der Waals surface area contributed by atoms with Crippen molar-refractivity contribution in [1.82, 2.24) is 15.3 Å². The molecule has 2 rings (SSSR count). The number of thiazole rings is 1. The van der Waals surface area contributed by atoms with Crippen LogP contribution in [-0.4, -0.2) is 16.0 Å². The second kappa shape index (κ2) is 5.58. The molecule has 0 aliphatic carbocycles. The standard InChI is InChI=1S/C12H14ClN3S/c1-8(2)15-6-9-7-17-12(16-9)11-10(13)4-3-5-14-11/h3-5,7-8,15H,6H2,1-2H3. The van der Waals surface area contributed by atoms with Crippen molar-refractivity contribution < 1.29 is 0 Å². The van der Waals surface area contributed by atoms with E-state index in [4.69, 9.17) is 11.6 Å².